The van der Waals surface area contributed by atoms with Crippen molar-refractivity contribution < 1.29 is 28.8 Å². The van der Waals surface area contributed by atoms with Gasteiger partial charge in [-0.2, -0.15) is 0 Å². The Morgan fingerprint density at radius 2 is 1.60 bits per heavy atom. The average Bonchev–Trinajstić information content (AvgIpc) is 2.90. The van der Waals surface area contributed by atoms with Gasteiger partial charge in [0, 0.05) is 19.7 Å². The normalized spacial score (nSPS) is 18.7. The van der Waals surface area contributed by atoms with Gasteiger partial charge >= 0.3 is 0 Å². The molecule has 0 spiro atoms. The summed E-state index contributed by atoms with van der Waals surface area (Å²) >= 11 is 0. The molecule has 7 heteroatoms. The van der Waals surface area contributed by atoms with Crippen LogP contribution in [0.1, 0.15) is 36.8 Å². The first-order valence-electron chi connectivity index (χ1n) is 12.6. The van der Waals surface area contributed by atoms with Crippen LogP contribution in [0.2, 0.25) is 0 Å². The lowest BCUT2D eigenvalue weighted by atomic mass is 9.92. The van der Waals surface area contributed by atoms with Crippen molar-refractivity contribution in [1.29, 1.82) is 0 Å². The van der Waals surface area contributed by atoms with Gasteiger partial charge in [-0.1, -0.05) is 31.0 Å². The van der Waals surface area contributed by atoms with Crippen molar-refractivity contribution in [2.24, 2.45) is 0 Å². The van der Waals surface area contributed by atoms with Crippen molar-refractivity contribution in [1.82, 2.24) is 5.32 Å². The molecule has 0 aromatic heterocycles. The maximum atomic E-state index is 10.4. The molecule has 0 bridgehead atoms. The number of benzene rings is 2. The van der Waals surface area contributed by atoms with Gasteiger partial charge in [0.25, 0.3) is 0 Å². The predicted octanol–water partition coefficient (Wildman–Crippen LogP) is 3.79. The van der Waals surface area contributed by atoms with E-state index < -0.39 is 6.10 Å². The standard InChI is InChI=1S/C28H41NO6/c1-31-16-14-21-8-11-24(12-9-21)35-20-23(30)19-29-25-6-4-5-7-26(25)34-17-15-22-10-13-27(32-2)28(18-22)33-3/h8-13,18,23,25-26,29-30H,4-7,14-17,19-20H2,1-3H3/t23?,25-,26-/m0/s1. The van der Waals surface area contributed by atoms with Gasteiger partial charge in [0.2, 0.25) is 0 Å². The van der Waals surface area contributed by atoms with Gasteiger partial charge in [0.05, 0.1) is 33.5 Å². The lowest BCUT2D eigenvalue weighted by molar-refractivity contribution is 0.00183. The van der Waals surface area contributed by atoms with Gasteiger partial charge in [-0.25, -0.2) is 0 Å². The van der Waals surface area contributed by atoms with E-state index in [0.717, 1.165) is 48.5 Å². The van der Waals surface area contributed by atoms with Crippen LogP contribution >= 0.6 is 0 Å². The van der Waals surface area contributed by atoms with Crippen LogP contribution < -0.4 is 19.5 Å². The van der Waals surface area contributed by atoms with Gasteiger partial charge < -0.3 is 34.1 Å². The highest BCUT2D eigenvalue weighted by Gasteiger charge is 2.26. The molecule has 2 aromatic rings. The molecular weight excluding hydrogens is 446 g/mol. The summed E-state index contributed by atoms with van der Waals surface area (Å²) in [5, 5.41) is 14.0. The maximum absolute atomic E-state index is 10.4. The van der Waals surface area contributed by atoms with E-state index in [1.165, 1.54) is 18.4 Å². The van der Waals surface area contributed by atoms with E-state index in [2.05, 4.69) is 5.32 Å². The van der Waals surface area contributed by atoms with Crippen molar-refractivity contribution in [3.63, 3.8) is 0 Å². The predicted molar refractivity (Wildman–Crippen MR) is 137 cm³/mol. The fraction of sp³-hybridized carbons (Fsp3) is 0.571. The number of methoxy groups -OCH3 is 3. The molecule has 0 radical (unpaired) electrons. The van der Waals surface area contributed by atoms with E-state index in [-0.39, 0.29) is 18.8 Å². The third kappa shape index (κ3) is 9.00. The fourth-order valence-electron chi connectivity index (χ4n) is 4.41. The van der Waals surface area contributed by atoms with Crippen LogP contribution in [0.3, 0.4) is 0 Å². The molecule has 0 amide bonds. The van der Waals surface area contributed by atoms with Gasteiger partial charge in [0.1, 0.15) is 18.5 Å². The van der Waals surface area contributed by atoms with Gasteiger partial charge in [0.15, 0.2) is 11.5 Å². The summed E-state index contributed by atoms with van der Waals surface area (Å²) in [4.78, 5) is 0. The zero-order valence-corrected chi connectivity index (χ0v) is 21.3. The molecule has 0 heterocycles. The van der Waals surface area contributed by atoms with Crippen molar-refractivity contribution in [2.75, 3.05) is 47.7 Å². The summed E-state index contributed by atoms with van der Waals surface area (Å²) in [6.45, 7) is 2.07. The van der Waals surface area contributed by atoms with Gasteiger partial charge in [-0.05, 0) is 61.1 Å². The monoisotopic (exact) mass is 487 g/mol. The molecule has 3 atom stereocenters. The van der Waals surface area contributed by atoms with E-state index in [4.69, 9.17) is 23.7 Å². The molecule has 194 valence electrons. The van der Waals surface area contributed by atoms with Crippen molar-refractivity contribution in [2.45, 2.75) is 56.8 Å². The molecule has 1 aliphatic rings. The minimum atomic E-state index is -0.586. The summed E-state index contributed by atoms with van der Waals surface area (Å²) in [6, 6.07) is 14.2. The second-order valence-corrected chi connectivity index (χ2v) is 9.00. The van der Waals surface area contributed by atoms with Crippen LogP contribution in [0.15, 0.2) is 42.5 Å². The summed E-state index contributed by atoms with van der Waals surface area (Å²) in [7, 11) is 4.99. The third-order valence-electron chi connectivity index (χ3n) is 6.45. The second-order valence-electron chi connectivity index (χ2n) is 9.00. The Morgan fingerprint density at radius 1 is 0.886 bits per heavy atom. The molecule has 1 fully saturated rings. The Morgan fingerprint density at radius 3 is 2.34 bits per heavy atom. The summed E-state index contributed by atoms with van der Waals surface area (Å²) < 4.78 is 27.9. The SMILES string of the molecule is COCCc1ccc(OCC(O)CN[C@H]2CCCC[C@@H]2OCCc2ccc(OC)c(OC)c2)cc1. The first-order valence-corrected chi connectivity index (χ1v) is 12.6. The minimum Gasteiger partial charge on any atom is -0.493 e. The minimum absolute atomic E-state index is 0.150. The smallest absolute Gasteiger partial charge is 0.160 e. The number of aliphatic hydroxyl groups is 1. The first-order chi connectivity index (χ1) is 17.1. The average molecular weight is 488 g/mol. The number of rotatable bonds is 15. The number of ether oxygens (including phenoxy) is 5. The van der Waals surface area contributed by atoms with E-state index in [1.54, 1.807) is 21.3 Å². The second kappa shape index (κ2) is 14.9. The van der Waals surface area contributed by atoms with Crippen LogP contribution in [0.25, 0.3) is 0 Å². The number of hydrogen-bond donors (Lipinski definition) is 2. The largest absolute Gasteiger partial charge is 0.493 e. The highest BCUT2D eigenvalue weighted by Crippen LogP contribution is 2.28. The topological polar surface area (TPSA) is 78.4 Å². The number of aliphatic hydroxyl groups excluding tert-OH is 1. The number of nitrogens with one attached hydrogen (secondary N) is 1. The lowest BCUT2D eigenvalue weighted by Gasteiger charge is -2.33. The van der Waals surface area contributed by atoms with E-state index in [9.17, 15) is 5.11 Å². The molecule has 1 unspecified atom stereocenters. The summed E-state index contributed by atoms with van der Waals surface area (Å²) in [5.74, 6) is 2.23. The Labute approximate surface area is 209 Å². The molecule has 3 rings (SSSR count). The molecule has 2 N–H and O–H groups in total. The highest BCUT2D eigenvalue weighted by molar-refractivity contribution is 5.42. The van der Waals surface area contributed by atoms with Crippen molar-refractivity contribution in [3.05, 3.63) is 53.6 Å². The Kier molecular flexibility index (Phi) is 11.6. The third-order valence-corrected chi connectivity index (χ3v) is 6.45. The van der Waals surface area contributed by atoms with E-state index in [1.807, 2.05) is 42.5 Å². The molecule has 0 aliphatic heterocycles. The highest BCUT2D eigenvalue weighted by atomic mass is 16.5. The van der Waals surface area contributed by atoms with Crippen molar-refractivity contribution >= 4 is 0 Å². The van der Waals surface area contributed by atoms with Gasteiger partial charge in [-0.15, -0.1) is 0 Å². The Bertz CT molecular complexity index is 859. The number of hydrogen-bond acceptors (Lipinski definition) is 7. The van der Waals surface area contributed by atoms with E-state index >= 15 is 0 Å². The van der Waals surface area contributed by atoms with Crippen LogP contribution in [-0.4, -0.2) is 71.1 Å². The van der Waals surface area contributed by atoms with Crippen LogP contribution in [0, 0.1) is 0 Å². The molecule has 0 saturated heterocycles. The molecule has 1 saturated carbocycles. The Hall–Kier alpha value is -2.32. The molecule has 1 aliphatic carbocycles. The zero-order valence-electron chi connectivity index (χ0n) is 21.3. The molecule has 35 heavy (non-hydrogen) atoms. The summed E-state index contributed by atoms with van der Waals surface area (Å²) in [6.07, 6.45) is 5.69. The Balaban J connectivity index is 1.39. The van der Waals surface area contributed by atoms with Gasteiger partial charge in [-0.3, -0.25) is 0 Å². The molecule has 2 aromatic carbocycles. The first kappa shape index (κ1) is 27.3. The van der Waals surface area contributed by atoms with E-state index in [0.29, 0.717) is 19.8 Å². The van der Waals surface area contributed by atoms with Crippen LogP contribution in [0.5, 0.6) is 17.2 Å². The van der Waals surface area contributed by atoms with Crippen molar-refractivity contribution in [3.8, 4) is 17.2 Å². The zero-order chi connectivity index (χ0) is 24.9. The molecule has 7 nitrogen and oxygen atoms in total. The quantitative estimate of drug-likeness (QED) is 0.396. The molecular formula is C28H41NO6. The fourth-order valence-corrected chi connectivity index (χ4v) is 4.41. The lowest BCUT2D eigenvalue weighted by Crippen LogP contribution is -2.47. The summed E-state index contributed by atoms with van der Waals surface area (Å²) in [5.41, 5.74) is 2.36. The van der Waals surface area contributed by atoms with Crippen LogP contribution in [0.4, 0.5) is 0 Å². The van der Waals surface area contributed by atoms with Crippen LogP contribution in [-0.2, 0) is 22.3 Å². The maximum Gasteiger partial charge on any atom is 0.160 e.